The van der Waals surface area contributed by atoms with Crippen molar-refractivity contribution < 1.29 is 17.6 Å². The van der Waals surface area contributed by atoms with E-state index >= 15 is 0 Å². The van der Waals surface area contributed by atoms with Crippen LogP contribution >= 0.6 is 11.6 Å². The molecule has 0 aromatic heterocycles. The molecule has 2 aromatic rings. The van der Waals surface area contributed by atoms with Crippen LogP contribution in [0.1, 0.15) is 28.8 Å². The highest BCUT2D eigenvalue weighted by molar-refractivity contribution is 7.90. The highest BCUT2D eigenvalue weighted by Crippen LogP contribution is 2.32. The average molecular weight is 382 g/mol. The van der Waals surface area contributed by atoms with Crippen LogP contribution in [0.25, 0.3) is 0 Å². The molecule has 4 nitrogen and oxygen atoms in total. The van der Waals surface area contributed by atoms with Crippen LogP contribution < -0.4 is 0 Å². The summed E-state index contributed by atoms with van der Waals surface area (Å²) in [6, 6.07) is 10.4. The zero-order chi connectivity index (χ0) is 18.2. The molecule has 1 saturated carbocycles. The molecule has 0 atom stereocenters. The molecule has 2 aromatic carbocycles. The van der Waals surface area contributed by atoms with Gasteiger partial charge in [0.15, 0.2) is 9.84 Å². The number of benzene rings is 2. The second-order valence-electron chi connectivity index (χ2n) is 6.17. The Hall–Kier alpha value is -1.92. The fraction of sp³-hybridized carbons (Fsp3) is 0.278. The number of hydrogen-bond donors (Lipinski definition) is 0. The summed E-state index contributed by atoms with van der Waals surface area (Å²) in [5.74, 6) is -0.766. The van der Waals surface area contributed by atoms with Gasteiger partial charge in [0.1, 0.15) is 5.82 Å². The van der Waals surface area contributed by atoms with E-state index in [-0.39, 0.29) is 39.8 Å². The van der Waals surface area contributed by atoms with Gasteiger partial charge in [-0.2, -0.15) is 0 Å². The van der Waals surface area contributed by atoms with Crippen molar-refractivity contribution in [2.45, 2.75) is 30.3 Å². The Morgan fingerprint density at radius 1 is 1.24 bits per heavy atom. The molecule has 0 spiro atoms. The summed E-state index contributed by atoms with van der Waals surface area (Å²) in [6.45, 7) is 0.121. The zero-order valence-electron chi connectivity index (χ0n) is 13.6. The zero-order valence-corrected chi connectivity index (χ0v) is 15.1. The lowest BCUT2D eigenvalue weighted by atomic mass is 10.1. The highest BCUT2D eigenvalue weighted by Gasteiger charge is 2.34. The van der Waals surface area contributed by atoms with Crippen LogP contribution in [-0.4, -0.2) is 31.5 Å². The molecule has 0 radical (unpaired) electrons. The molecule has 25 heavy (non-hydrogen) atoms. The molecular weight excluding hydrogens is 365 g/mol. The van der Waals surface area contributed by atoms with Crippen molar-refractivity contribution in [3.8, 4) is 0 Å². The largest absolute Gasteiger partial charge is 0.331 e. The fourth-order valence-corrected chi connectivity index (χ4v) is 3.46. The summed E-state index contributed by atoms with van der Waals surface area (Å²) in [5, 5.41) is 0.177. The summed E-state index contributed by atoms with van der Waals surface area (Å²) < 4.78 is 37.5. The SMILES string of the molecule is CS(=O)(=O)c1ccc(Cl)c(C(=O)N(Cc2ccccc2F)C2CC2)c1. The molecule has 1 amide bonds. The highest BCUT2D eigenvalue weighted by atomic mass is 35.5. The van der Waals surface area contributed by atoms with Crippen LogP contribution in [0.2, 0.25) is 5.02 Å². The first-order valence-corrected chi connectivity index (χ1v) is 10.1. The van der Waals surface area contributed by atoms with E-state index in [4.69, 9.17) is 11.6 Å². The van der Waals surface area contributed by atoms with Crippen LogP contribution in [0.15, 0.2) is 47.4 Å². The van der Waals surface area contributed by atoms with Gasteiger partial charge in [-0.15, -0.1) is 0 Å². The number of hydrogen-bond acceptors (Lipinski definition) is 3. The van der Waals surface area contributed by atoms with E-state index in [0.717, 1.165) is 19.1 Å². The summed E-state index contributed by atoms with van der Waals surface area (Å²) in [4.78, 5) is 14.6. The van der Waals surface area contributed by atoms with Crippen molar-refractivity contribution in [1.29, 1.82) is 0 Å². The van der Waals surface area contributed by atoms with Gasteiger partial charge >= 0.3 is 0 Å². The second-order valence-corrected chi connectivity index (χ2v) is 8.59. The maximum Gasteiger partial charge on any atom is 0.255 e. The number of halogens is 2. The van der Waals surface area contributed by atoms with Crippen LogP contribution in [0.5, 0.6) is 0 Å². The van der Waals surface area contributed by atoms with Gasteiger partial charge in [0.05, 0.1) is 15.5 Å². The Kier molecular flexibility index (Phi) is 4.84. The molecule has 132 valence electrons. The van der Waals surface area contributed by atoms with E-state index in [1.54, 1.807) is 23.1 Å². The minimum Gasteiger partial charge on any atom is -0.331 e. The van der Waals surface area contributed by atoms with Crippen molar-refractivity contribution in [2.75, 3.05) is 6.26 Å². The quantitative estimate of drug-likeness (QED) is 0.793. The maximum absolute atomic E-state index is 14.0. The predicted octanol–water partition coefficient (Wildman–Crippen LogP) is 3.69. The second kappa shape index (κ2) is 6.77. The maximum atomic E-state index is 14.0. The topological polar surface area (TPSA) is 54.5 Å². The number of nitrogens with zero attached hydrogens (tertiary/aromatic N) is 1. The Balaban J connectivity index is 1.95. The van der Waals surface area contributed by atoms with Crippen LogP contribution in [-0.2, 0) is 16.4 Å². The third-order valence-corrected chi connectivity index (χ3v) is 5.58. The molecule has 0 aliphatic heterocycles. The van der Waals surface area contributed by atoms with Gasteiger partial charge in [0, 0.05) is 24.4 Å². The molecule has 1 aliphatic rings. The minimum atomic E-state index is -3.46. The van der Waals surface area contributed by atoms with Crippen LogP contribution in [0, 0.1) is 5.82 Å². The Labute approximate surface area is 151 Å². The molecule has 7 heteroatoms. The number of rotatable bonds is 5. The summed E-state index contributed by atoms with van der Waals surface area (Å²) >= 11 is 6.13. The van der Waals surface area contributed by atoms with Gasteiger partial charge in [-0.05, 0) is 37.1 Å². The lowest BCUT2D eigenvalue weighted by molar-refractivity contribution is 0.0728. The first-order valence-electron chi connectivity index (χ1n) is 7.81. The third-order valence-electron chi connectivity index (χ3n) is 4.14. The van der Waals surface area contributed by atoms with Crippen molar-refractivity contribution in [1.82, 2.24) is 4.90 Å². The van der Waals surface area contributed by atoms with Crippen LogP contribution in [0.4, 0.5) is 4.39 Å². The normalized spacial score (nSPS) is 14.4. The van der Waals surface area contributed by atoms with Gasteiger partial charge in [0.2, 0.25) is 0 Å². The first-order chi connectivity index (χ1) is 11.8. The van der Waals surface area contributed by atoms with Gasteiger partial charge in [-0.3, -0.25) is 4.79 Å². The van der Waals surface area contributed by atoms with Crippen molar-refractivity contribution >= 4 is 27.3 Å². The minimum absolute atomic E-state index is 0.0186. The molecule has 1 fully saturated rings. The van der Waals surface area contributed by atoms with E-state index < -0.39 is 9.84 Å². The van der Waals surface area contributed by atoms with Gasteiger partial charge in [0.25, 0.3) is 5.91 Å². The summed E-state index contributed by atoms with van der Waals surface area (Å²) in [6.07, 6.45) is 2.75. The number of sulfone groups is 1. The number of amides is 1. The molecule has 3 rings (SSSR count). The Morgan fingerprint density at radius 3 is 2.52 bits per heavy atom. The van der Waals surface area contributed by atoms with Crippen molar-refractivity contribution in [2.24, 2.45) is 0 Å². The van der Waals surface area contributed by atoms with Gasteiger partial charge < -0.3 is 4.90 Å². The van der Waals surface area contributed by atoms with E-state index in [0.29, 0.717) is 5.56 Å². The van der Waals surface area contributed by atoms with E-state index in [1.165, 1.54) is 24.3 Å². The van der Waals surface area contributed by atoms with Crippen LogP contribution in [0.3, 0.4) is 0 Å². The third kappa shape index (κ3) is 4.02. The van der Waals surface area contributed by atoms with E-state index in [9.17, 15) is 17.6 Å². The lowest BCUT2D eigenvalue weighted by Gasteiger charge is -2.23. The van der Waals surface area contributed by atoms with E-state index in [1.807, 2.05) is 0 Å². The summed E-state index contributed by atoms with van der Waals surface area (Å²) in [7, 11) is -3.46. The molecular formula is C18H17ClFNO3S. The number of carbonyl (C=O) groups excluding carboxylic acids is 1. The molecule has 0 saturated heterocycles. The standard InChI is InChI=1S/C18H17ClFNO3S/c1-25(23,24)14-8-9-16(19)15(10-14)18(22)21(13-6-7-13)11-12-4-2-3-5-17(12)20/h2-5,8-10,13H,6-7,11H2,1H3. The van der Waals surface area contributed by atoms with E-state index in [2.05, 4.69) is 0 Å². The fourth-order valence-electron chi connectivity index (χ4n) is 2.62. The lowest BCUT2D eigenvalue weighted by Crippen LogP contribution is -2.33. The summed E-state index contributed by atoms with van der Waals surface area (Å²) in [5.41, 5.74) is 0.533. The number of carbonyl (C=O) groups is 1. The van der Waals surface area contributed by atoms with Crippen molar-refractivity contribution in [3.05, 3.63) is 64.4 Å². The van der Waals surface area contributed by atoms with Crippen molar-refractivity contribution in [3.63, 3.8) is 0 Å². The predicted molar refractivity (Wildman–Crippen MR) is 93.9 cm³/mol. The average Bonchev–Trinajstić information content (AvgIpc) is 3.37. The molecule has 0 unspecified atom stereocenters. The molecule has 0 heterocycles. The van der Waals surface area contributed by atoms with Gasteiger partial charge in [-0.1, -0.05) is 29.8 Å². The monoisotopic (exact) mass is 381 g/mol. The molecule has 0 N–H and O–H groups in total. The molecule has 1 aliphatic carbocycles. The Bertz CT molecular complexity index is 926. The Morgan fingerprint density at radius 2 is 1.92 bits per heavy atom. The smallest absolute Gasteiger partial charge is 0.255 e. The first kappa shape index (κ1) is 17.9. The van der Waals surface area contributed by atoms with Gasteiger partial charge in [-0.25, -0.2) is 12.8 Å². The molecule has 0 bridgehead atoms.